The highest BCUT2D eigenvalue weighted by atomic mass is 35.5. The number of amidine groups is 1. The second-order valence-electron chi connectivity index (χ2n) is 7.66. The monoisotopic (exact) mass is 426 g/mol. The number of hydrogen-bond donors (Lipinski definition) is 3. The maximum absolute atomic E-state index is 12.6. The number of sulfonamides is 1. The predicted octanol–water partition coefficient (Wildman–Crippen LogP) is 2.44. The maximum atomic E-state index is 12.6. The van der Waals surface area contributed by atoms with Crippen molar-refractivity contribution in [1.82, 2.24) is 10.0 Å². The van der Waals surface area contributed by atoms with Crippen molar-refractivity contribution in [2.45, 2.75) is 61.9 Å². The lowest BCUT2D eigenvalue weighted by atomic mass is 9.85. The molecule has 2 heterocycles. The largest absolute Gasteiger partial charge is 0.325 e. The van der Waals surface area contributed by atoms with E-state index < -0.39 is 10.0 Å². The van der Waals surface area contributed by atoms with Gasteiger partial charge < -0.3 is 10.6 Å². The molecule has 9 heteroatoms. The summed E-state index contributed by atoms with van der Waals surface area (Å²) in [5, 5.41) is 6.32. The topological polar surface area (TPSA) is 99.7 Å². The van der Waals surface area contributed by atoms with Crippen LogP contribution >= 0.6 is 12.4 Å². The predicted molar refractivity (Wildman–Crippen MR) is 111 cm³/mol. The number of nitrogens with one attached hydrogen (secondary N) is 3. The molecule has 1 aromatic carbocycles. The van der Waals surface area contributed by atoms with Gasteiger partial charge in [0.2, 0.25) is 5.91 Å². The molecule has 3 unspecified atom stereocenters. The van der Waals surface area contributed by atoms with Crippen LogP contribution in [0.15, 0.2) is 34.2 Å². The minimum Gasteiger partial charge on any atom is -0.325 e. The van der Waals surface area contributed by atoms with Gasteiger partial charge in [-0.2, -0.15) is 0 Å². The molecule has 1 aromatic rings. The van der Waals surface area contributed by atoms with Crippen molar-refractivity contribution < 1.29 is 13.2 Å². The number of amides is 1. The van der Waals surface area contributed by atoms with Crippen LogP contribution in [0.5, 0.6) is 0 Å². The molecular weight excluding hydrogens is 400 g/mol. The van der Waals surface area contributed by atoms with Crippen molar-refractivity contribution in [3.05, 3.63) is 24.3 Å². The normalized spacial score (nSPS) is 26.7. The quantitative estimate of drug-likeness (QED) is 0.688. The summed E-state index contributed by atoms with van der Waals surface area (Å²) in [6.45, 7) is 0.657. The van der Waals surface area contributed by atoms with Crippen LogP contribution in [-0.2, 0) is 14.8 Å². The average molecular weight is 427 g/mol. The van der Waals surface area contributed by atoms with Gasteiger partial charge in [-0.3, -0.25) is 14.5 Å². The third-order valence-electron chi connectivity index (χ3n) is 5.72. The Morgan fingerprint density at radius 3 is 2.75 bits per heavy atom. The molecule has 28 heavy (non-hydrogen) atoms. The molecule has 3 atom stereocenters. The van der Waals surface area contributed by atoms with Gasteiger partial charge in [0.05, 0.1) is 10.9 Å². The molecule has 7 nitrogen and oxygen atoms in total. The fraction of sp³-hybridized carbons (Fsp3) is 0.579. The highest BCUT2D eigenvalue weighted by Gasteiger charge is 2.38. The first-order chi connectivity index (χ1) is 13.0. The fourth-order valence-electron chi connectivity index (χ4n) is 4.33. The van der Waals surface area contributed by atoms with Crippen molar-refractivity contribution in [3.8, 4) is 0 Å². The number of nitrogens with zero attached hydrogens (tertiary/aromatic N) is 1. The van der Waals surface area contributed by atoms with Crippen LogP contribution in [0.2, 0.25) is 0 Å². The van der Waals surface area contributed by atoms with Crippen LogP contribution in [0.4, 0.5) is 5.69 Å². The lowest BCUT2D eigenvalue weighted by molar-refractivity contribution is -0.117. The van der Waals surface area contributed by atoms with Crippen LogP contribution in [0.1, 0.15) is 44.9 Å². The van der Waals surface area contributed by atoms with E-state index in [1.165, 1.54) is 31.4 Å². The molecule has 0 radical (unpaired) electrons. The van der Waals surface area contributed by atoms with Crippen LogP contribution in [-0.4, -0.2) is 38.8 Å². The number of fused-ring (bicyclic) bond motifs is 1. The Morgan fingerprint density at radius 2 is 2.00 bits per heavy atom. The molecule has 0 aromatic heterocycles. The summed E-state index contributed by atoms with van der Waals surface area (Å²) in [4.78, 5) is 16.9. The van der Waals surface area contributed by atoms with Crippen molar-refractivity contribution >= 4 is 39.9 Å². The van der Waals surface area contributed by atoms with Gasteiger partial charge in [-0.25, -0.2) is 8.42 Å². The number of aliphatic imine (C=N–C) groups is 1. The number of anilines is 1. The molecule has 0 bridgehead atoms. The van der Waals surface area contributed by atoms with E-state index in [9.17, 15) is 13.2 Å². The molecule has 1 aliphatic carbocycles. The Kier molecular flexibility index (Phi) is 6.62. The van der Waals surface area contributed by atoms with Gasteiger partial charge in [-0.05, 0) is 49.8 Å². The third-order valence-corrected chi connectivity index (χ3v) is 7.10. The van der Waals surface area contributed by atoms with Gasteiger partial charge in [-0.15, -0.1) is 12.4 Å². The van der Waals surface area contributed by atoms with E-state index >= 15 is 0 Å². The Balaban J connectivity index is 0.00000225. The van der Waals surface area contributed by atoms with E-state index in [0.717, 1.165) is 19.3 Å². The summed E-state index contributed by atoms with van der Waals surface area (Å²) in [6, 6.07) is 6.62. The SMILES string of the molecule is Cl.O=C(Nc1cccc(S(=O)(=O)NC2=NCCC2)c1)C1CC2CCCCC2N1. The number of halogens is 1. The molecule has 2 fully saturated rings. The zero-order valence-corrected chi connectivity index (χ0v) is 17.3. The fourth-order valence-corrected chi connectivity index (χ4v) is 5.46. The molecule has 1 saturated carbocycles. The molecule has 1 amide bonds. The van der Waals surface area contributed by atoms with Crippen molar-refractivity contribution in [1.29, 1.82) is 0 Å². The highest BCUT2D eigenvalue weighted by Crippen LogP contribution is 2.33. The van der Waals surface area contributed by atoms with Crippen LogP contribution < -0.4 is 15.4 Å². The minimum atomic E-state index is -3.69. The van der Waals surface area contributed by atoms with E-state index in [4.69, 9.17) is 0 Å². The Morgan fingerprint density at radius 1 is 1.18 bits per heavy atom. The van der Waals surface area contributed by atoms with E-state index in [1.807, 2.05) is 0 Å². The molecule has 1 saturated heterocycles. The summed E-state index contributed by atoms with van der Waals surface area (Å²) in [6.07, 6.45) is 7.16. The van der Waals surface area contributed by atoms with E-state index in [-0.39, 0.29) is 29.3 Å². The van der Waals surface area contributed by atoms with Crippen LogP contribution in [0.25, 0.3) is 0 Å². The number of rotatable bonds is 4. The molecule has 3 aliphatic rings. The first-order valence-corrected chi connectivity index (χ1v) is 11.2. The van der Waals surface area contributed by atoms with Crippen molar-refractivity contribution in [3.63, 3.8) is 0 Å². The molecule has 2 aliphatic heterocycles. The van der Waals surface area contributed by atoms with Gasteiger partial charge in [0.1, 0.15) is 5.84 Å². The van der Waals surface area contributed by atoms with Gasteiger partial charge >= 0.3 is 0 Å². The number of hydrogen-bond acceptors (Lipinski definition) is 5. The Bertz CT molecular complexity index is 844. The zero-order chi connectivity index (χ0) is 18.9. The summed E-state index contributed by atoms with van der Waals surface area (Å²) in [7, 11) is -3.69. The number of carbonyl (C=O) groups is 1. The summed E-state index contributed by atoms with van der Waals surface area (Å²) < 4.78 is 27.6. The first-order valence-electron chi connectivity index (χ1n) is 9.74. The van der Waals surface area contributed by atoms with Crippen molar-refractivity contribution in [2.75, 3.05) is 11.9 Å². The Labute approximate surface area is 172 Å². The summed E-state index contributed by atoms with van der Waals surface area (Å²) in [5.74, 6) is 0.992. The maximum Gasteiger partial charge on any atom is 0.262 e. The van der Waals surface area contributed by atoms with Gasteiger partial charge in [0, 0.05) is 24.7 Å². The molecule has 3 N–H and O–H groups in total. The number of carbonyl (C=O) groups excluding carboxylic acids is 1. The van der Waals surface area contributed by atoms with E-state index in [2.05, 4.69) is 20.3 Å². The standard InChI is InChI=1S/C19H26N4O3S.ClH/c24-19(17-11-13-5-1-2-8-16(13)22-17)21-14-6-3-7-15(12-14)27(25,26)23-18-9-4-10-20-18;/h3,6-7,12-13,16-17,22H,1-2,4-5,8-11H2,(H,20,23)(H,21,24);1H. The smallest absolute Gasteiger partial charge is 0.262 e. The molecule has 154 valence electrons. The molecule has 4 rings (SSSR count). The van der Waals surface area contributed by atoms with E-state index in [1.54, 1.807) is 12.1 Å². The first kappa shape index (κ1) is 21.1. The molecular formula is C19H27ClN4O3S. The third kappa shape index (κ3) is 4.67. The average Bonchev–Trinajstić information content (AvgIpc) is 3.31. The second kappa shape index (κ2) is 8.80. The lowest BCUT2D eigenvalue weighted by Crippen LogP contribution is -2.39. The summed E-state index contributed by atoms with van der Waals surface area (Å²) >= 11 is 0. The minimum absolute atomic E-state index is 0. The zero-order valence-electron chi connectivity index (χ0n) is 15.7. The van der Waals surface area contributed by atoms with Crippen LogP contribution in [0, 0.1) is 5.92 Å². The van der Waals surface area contributed by atoms with Gasteiger partial charge in [0.15, 0.2) is 0 Å². The second-order valence-corrected chi connectivity index (χ2v) is 9.34. The molecule has 0 spiro atoms. The Hall–Kier alpha value is -1.64. The highest BCUT2D eigenvalue weighted by molar-refractivity contribution is 7.90. The lowest BCUT2D eigenvalue weighted by Gasteiger charge is -2.24. The summed E-state index contributed by atoms with van der Waals surface area (Å²) in [5.41, 5.74) is 0.493. The van der Waals surface area contributed by atoms with Crippen LogP contribution in [0.3, 0.4) is 0 Å². The van der Waals surface area contributed by atoms with Gasteiger partial charge in [-0.1, -0.05) is 18.9 Å². The van der Waals surface area contributed by atoms with E-state index in [0.29, 0.717) is 36.4 Å². The number of benzene rings is 1. The van der Waals surface area contributed by atoms with Crippen molar-refractivity contribution in [2.24, 2.45) is 10.9 Å². The van der Waals surface area contributed by atoms with Gasteiger partial charge in [0.25, 0.3) is 10.0 Å².